The van der Waals surface area contributed by atoms with Gasteiger partial charge in [0.2, 0.25) is 0 Å². The Morgan fingerprint density at radius 3 is 2.38 bits per heavy atom. The molecule has 116 valence electrons. The second-order valence-corrected chi connectivity index (χ2v) is 7.52. The Morgan fingerprint density at radius 1 is 1.05 bits per heavy atom. The van der Waals surface area contributed by atoms with Crippen molar-refractivity contribution in [2.75, 3.05) is 13.1 Å². The molecule has 3 rings (SSSR count). The van der Waals surface area contributed by atoms with Crippen molar-refractivity contribution in [1.29, 1.82) is 0 Å². The van der Waals surface area contributed by atoms with Crippen LogP contribution >= 0.6 is 15.9 Å². The van der Waals surface area contributed by atoms with Gasteiger partial charge in [-0.2, -0.15) is 0 Å². The van der Waals surface area contributed by atoms with E-state index in [0.29, 0.717) is 0 Å². The van der Waals surface area contributed by atoms with Gasteiger partial charge in [0.25, 0.3) is 0 Å². The van der Waals surface area contributed by atoms with Gasteiger partial charge in [0, 0.05) is 16.4 Å². The van der Waals surface area contributed by atoms with Gasteiger partial charge in [0.1, 0.15) is 0 Å². The van der Waals surface area contributed by atoms with Crippen molar-refractivity contribution in [2.45, 2.75) is 63.0 Å². The highest BCUT2D eigenvalue weighted by atomic mass is 79.9. The van der Waals surface area contributed by atoms with Crippen LogP contribution in [-0.2, 0) is 6.42 Å². The van der Waals surface area contributed by atoms with E-state index in [1.165, 1.54) is 63.6 Å². The minimum Gasteiger partial charge on any atom is -0.391 e. The molecule has 0 aromatic heterocycles. The average Bonchev–Trinajstić information content (AvgIpc) is 3.01. The van der Waals surface area contributed by atoms with Gasteiger partial charge in [-0.25, -0.2) is 0 Å². The number of nitrogens with zero attached hydrogens (tertiary/aromatic N) is 1. The van der Waals surface area contributed by atoms with E-state index < -0.39 is 0 Å². The normalized spacial score (nSPS) is 24.1. The lowest BCUT2D eigenvalue weighted by atomic mass is 9.83. The molecule has 2 aliphatic rings. The van der Waals surface area contributed by atoms with Crippen LogP contribution < -0.4 is 0 Å². The molecule has 1 saturated heterocycles. The first-order valence-electron chi connectivity index (χ1n) is 8.39. The first-order valence-corrected chi connectivity index (χ1v) is 9.18. The molecular formula is C18H26BrNO. The highest BCUT2D eigenvalue weighted by Gasteiger charge is 2.45. The average molecular weight is 352 g/mol. The number of rotatable bonds is 4. The Morgan fingerprint density at radius 2 is 1.71 bits per heavy atom. The van der Waals surface area contributed by atoms with Crippen LogP contribution in [0.15, 0.2) is 28.7 Å². The number of halogens is 1. The molecule has 0 bridgehead atoms. The number of aliphatic hydroxyl groups is 1. The fourth-order valence-electron chi connectivity index (χ4n) is 4.25. The molecule has 1 saturated carbocycles. The van der Waals surface area contributed by atoms with E-state index in [2.05, 4.69) is 39.0 Å². The molecule has 1 unspecified atom stereocenters. The van der Waals surface area contributed by atoms with Gasteiger partial charge < -0.3 is 5.11 Å². The van der Waals surface area contributed by atoms with Crippen LogP contribution in [0.4, 0.5) is 0 Å². The Labute approximate surface area is 136 Å². The van der Waals surface area contributed by atoms with Crippen molar-refractivity contribution < 1.29 is 5.11 Å². The summed E-state index contributed by atoms with van der Waals surface area (Å²) in [7, 11) is 0. The summed E-state index contributed by atoms with van der Waals surface area (Å²) in [6, 6.07) is 8.31. The molecule has 1 aliphatic carbocycles. The molecule has 0 amide bonds. The molecule has 0 radical (unpaired) electrons. The second-order valence-electron chi connectivity index (χ2n) is 6.67. The third-order valence-corrected chi connectivity index (χ3v) is 6.22. The minimum absolute atomic E-state index is 0.0374. The fourth-order valence-corrected chi connectivity index (χ4v) is 4.70. The largest absolute Gasteiger partial charge is 0.391 e. The number of hydrogen-bond acceptors (Lipinski definition) is 2. The molecule has 3 heteroatoms. The molecule has 1 N–H and O–H groups in total. The SMILES string of the molecule is OC(Cc1ccccc1Br)C1(N2CCCCC2)CCCC1. The number of aliphatic hydroxyl groups excluding tert-OH is 1. The van der Waals surface area contributed by atoms with Crippen LogP contribution in [0.2, 0.25) is 0 Å². The molecule has 2 fully saturated rings. The Kier molecular flexibility index (Phi) is 5.03. The van der Waals surface area contributed by atoms with E-state index in [1.807, 2.05) is 6.07 Å². The van der Waals surface area contributed by atoms with Crippen molar-refractivity contribution in [2.24, 2.45) is 0 Å². The summed E-state index contributed by atoms with van der Waals surface area (Å²) < 4.78 is 1.12. The Bertz CT molecular complexity index is 464. The van der Waals surface area contributed by atoms with Gasteiger partial charge in [-0.05, 0) is 50.4 Å². The highest BCUT2D eigenvalue weighted by molar-refractivity contribution is 9.10. The highest BCUT2D eigenvalue weighted by Crippen LogP contribution is 2.41. The summed E-state index contributed by atoms with van der Waals surface area (Å²) in [4.78, 5) is 2.62. The molecular weight excluding hydrogens is 326 g/mol. The minimum atomic E-state index is -0.253. The van der Waals surface area contributed by atoms with Crippen LogP contribution in [-0.4, -0.2) is 34.7 Å². The molecule has 0 spiro atoms. The number of benzene rings is 1. The van der Waals surface area contributed by atoms with Crippen molar-refractivity contribution in [3.63, 3.8) is 0 Å². The van der Waals surface area contributed by atoms with Gasteiger partial charge in [-0.15, -0.1) is 0 Å². The van der Waals surface area contributed by atoms with Crippen molar-refractivity contribution in [1.82, 2.24) is 4.90 Å². The summed E-state index contributed by atoms with van der Waals surface area (Å²) >= 11 is 3.62. The van der Waals surface area contributed by atoms with Gasteiger partial charge in [-0.3, -0.25) is 4.90 Å². The second kappa shape index (κ2) is 6.80. The zero-order chi connectivity index (χ0) is 14.7. The van der Waals surface area contributed by atoms with E-state index in [9.17, 15) is 5.11 Å². The van der Waals surface area contributed by atoms with Crippen LogP contribution in [0.3, 0.4) is 0 Å². The van der Waals surface area contributed by atoms with Gasteiger partial charge in [0.15, 0.2) is 0 Å². The summed E-state index contributed by atoms with van der Waals surface area (Å²) in [6.45, 7) is 2.35. The summed E-state index contributed by atoms with van der Waals surface area (Å²) in [5.41, 5.74) is 1.27. The number of piperidine rings is 1. The quantitative estimate of drug-likeness (QED) is 0.880. The number of hydrogen-bond donors (Lipinski definition) is 1. The fraction of sp³-hybridized carbons (Fsp3) is 0.667. The van der Waals surface area contributed by atoms with E-state index in [0.717, 1.165) is 10.9 Å². The van der Waals surface area contributed by atoms with Crippen molar-refractivity contribution in [3.05, 3.63) is 34.3 Å². The monoisotopic (exact) mass is 351 g/mol. The molecule has 1 atom stereocenters. The Hall–Kier alpha value is -0.380. The smallest absolute Gasteiger partial charge is 0.0764 e. The van der Waals surface area contributed by atoms with Crippen molar-refractivity contribution >= 4 is 15.9 Å². The van der Waals surface area contributed by atoms with E-state index in [4.69, 9.17) is 0 Å². The summed E-state index contributed by atoms with van der Waals surface area (Å²) in [5.74, 6) is 0. The molecule has 1 aliphatic heterocycles. The maximum atomic E-state index is 11.1. The maximum absolute atomic E-state index is 11.1. The van der Waals surface area contributed by atoms with E-state index >= 15 is 0 Å². The maximum Gasteiger partial charge on any atom is 0.0764 e. The standard InChI is InChI=1S/C18H26BrNO/c19-16-9-3-2-8-15(16)14-17(21)18(10-4-5-11-18)20-12-6-1-7-13-20/h2-3,8-9,17,21H,1,4-7,10-14H2. The third-order valence-electron chi connectivity index (χ3n) is 5.45. The summed E-state index contributed by atoms with van der Waals surface area (Å²) in [6.07, 6.45) is 9.32. The topological polar surface area (TPSA) is 23.5 Å². The van der Waals surface area contributed by atoms with Crippen LogP contribution in [0.25, 0.3) is 0 Å². The van der Waals surface area contributed by atoms with Crippen LogP contribution in [0.1, 0.15) is 50.5 Å². The number of likely N-dealkylation sites (tertiary alicyclic amines) is 1. The van der Waals surface area contributed by atoms with E-state index in [1.54, 1.807) is 0 Å². The third kappa shape index (κ3) is 3.20. The first kappa shape index (κ1) is 15.5. The van der Waals surface area contributed by atoms with Gasteiger partial charge in [-0.1, -0.05) is 53.4 Å². The lowest BCUT2D eigenvalue weighted by Crippen LogP contribution is -2.57. The molecule has 1 aromatic carbocycles. The van der Waals surface area contributed by atoms with E-state index in [-0.39, 0.29) is 11.6 Å². The first-order chi connectivity index (χ1) is 10.2. The van der Waals surface area contributed by atoms with Crippen molar-refractivity contribution in [3.8, 4) is 0 Å². The van der Waals surface area contributed by atoms with Gasteiger partial charge >= 0.3 is 0 Å². The van der Waals surface area contributed by atoms with Crippen LogP contribution in [0.5, 0.6) is 0 Å². The zero-order valence-electron chi connectivity index (χ0n) is 12.7. The lowest BCUT2D eigenvalue weighted by Gasteiger charge is -2.46. The van der Waals surface area contributed by atoms with Crippen LogP contribution in [0, 0.1) is 0 Å². The Balaban J connectivity index is 1.78. The molecule has 2 nitrogen and oxygen atoms in total. The molecule has 1 aromatic rings. The molecule has 1 heterocycles. The predicted octanol–water partition coefficient (Wildman–Crippen LogP) is 4.15. The molecule has 21 heavy (non-hydrogen) atoms. The predicted molar refractivity (Wildman–Crippen MR) is 90.5 cm³/mol. The summed E-state index contributed by atoms with van der Waals surface area (Å²) in [5, 5.41) is 11.1. The van der Waals surface area contributed by atoms with Gasteiger partial charge in [0.05, 0.1) is 6.10 Å². The zero-order valence-corrected chi connectivity index (χ0v) is 14.3. The lowest BCUT2D eigenvalue weighted by molar-refractivity contribution is -0.0381.